The van der Waals surface area contributed by atoms with E-state index in [1.165, 1.54) is 23.8 Å². The number of non-ortho nitro benzene ring substituents is 1. The van der Waals surface area contributed by atoms with Gasteiger partial charge in [0.05, 0.1) is 22.0 Å². The molecule has 2 aromatic rings. The summed E-state index contributed by atoms with van der Waals surface area (Å²) in [6.07, 6.45) is 2.17. The maximum atomic E-state index is 13.6. The van der Waals surface area contributed by atoms with Crippen LogP contribution in [0, 0.1) is 10.1 Å². The van der Waals surface area contributed by atoms with E-state index in [0.717, 1.165) is 32.4 Å². The number of likely N-dealkylation sites (tertiary alicyclic amines) is 1. The van der Waals surface area contributed by atoms with E-state index in [1.807, 2.05) is 18.2 Å². The van der Waals surface area contributed by atoms with E-state index < -0.39 is 22.8 Å². The van der Waals surface area contributed by atoms with Crippen LogP contribution >= 0.6 is 0 Å². The first-order valence-electron chi connectivity index (χ1n) is 12.4. The van der Waals surface area contributed by atoms with E-state index in [9.17, 15) is 24.8 Å². The molecule has 37 heavy (non-hydrogen) atoms. The van der Waals surface area contributed by atoms with Gasteiger partial charge in [-0.15, -0.1) is 0 Å². The first kappa shape index (κ1) is 26.1. The predicted molar refractivity (Wildman–Crippen MR) is 138 cm³/mol. The molecule has 2 aliphatic rings. The molecule has 9 nitrogen and oxygen atoms in total. The van der Waals surface area contributed by atoms with Crippen molar-refractivity contribution in [3.63, 3.8) is 0 Å². The molecule has 194 valence electrons. The molecule has 0 bridgehead atoms. The van der Waals surface area contributed by atoms with E-state index in [1.54, 1.807) is 19.9 Å². The molecular formula is C28H31N3O6. The lowest BCUT2D eigenvalue weighted by Crippen LogP contribution is -2.42. The molecule has 0 aromatic heterocycles. The molecular weight excluding hydrogens is 474 g/mol. The van der Waals surface area contributed by atoms with Crippen LogP contribution in [0.5, 0.6) is 0 Å². The number of piperidine rings is 1. The average molecular weight is 506 g/mol. The molecule has 2 N–H and O–H groups in total. The van der Waals surface area contributed by atoms with Gasteiger partial charge in [-0.25, -0.2) is 9.59 Å². The number of aliphatic carboxylic acids is 1. The topological polar surface area (TPSA) is 122 Å². The number of nitrogens with zero attached hydrogens (tertiary/aromatic N) is 2. The molecule has 2 aromatic carbocycles. The number of nitro benzene ring substituents is 1. The lowest BCUT2D eigenvalue weighted by molar-refractivity contribution is -0.384. The number of carbonyl (C=O) groups is 2. The van der Waals surface area contributed by atoms with Gasteiger partial charge >= 0.3 is 11.9 Å². The Kier molecular flexibility index (Phi) is 8.03. The third-order valence-electron chi connectivity index (χ3n) is 6.92. The molecule has 2 heterocycles. The summed E-state index contributed by atoms with van der Waals surface area (Å²) in [5.41, 5.74) is 2.40. The fraction of sp³-hybridized carbons (Fsp3) is 0.357. The van der Waals surface area contributed by atoms with E-state index in [-0.39, 0.29) is 22.9 Å². The predicted octanol–water partition coefficient (Wildman–Crippen LogP) is 4.16. The third kappa shape index (κ3) is 6.06. The Morgan fingerprint density at radius 1 is 1.11 bits per heavy atom. The van der Waals surface area contributed by atoms with Crippen LogP contribution in [-0.2, 0) is 20.7 Å². The number of ether oxygens (including phenoxy) is 1. The number of carbonyl (C=O) groups excluding carboxylic acids is 1. The van der Waals surface area contributed by atoms with E-state index in [4.69, 9.17) is 4.74 Å². The molecule has 0 radical (unpaired) electrons. The normalized spacial score (nSPS) is 20.4. The summed E-state index contributed by atoms with van der Waals surface area (Å²) in [6.45, 7) is 5.68. The monoisotopic (exact) mass is 505 g/mol. The molecule has 0 amide bonds. The van der Waals surface area contributed by atoms with Gasteiger partial charge in [-0.2, -0.15) is 0 Å². The summed E-state index contributed by atoms with van der Waals surface area (Å²) in [5, 5.41) is 24.4. The third-order valence-corrected chi connectivity index (χ3v) is 6.92. The molecule has 0 spiro atoms. The number of nitrogens with one attached hydrogen (secondary N) is 1. The lowest BCUT2D eigenvalue weighted by atomic mass is 9.80. The first-order valence-corrected chi connectivity index (χ1v) is 12.4. The summed E-state index contributed by atoms with van der Waals surface area (Å²) in [6, 6.07) is 16.0. The zero-order valence-electron chi connectivity index (χ0n) is 21.0. The van der Waals surface area contributed by atoms with Crippen molar-refractivity contribution in [3.8, 4) is 0 Å². The van der Waals surface area contributed by atoms with Gasteiger partial charge in [0.25, 0.3) is 5.69 Å². The van der Waals surface area contributed by atoms with Gasteiger partial charge < -0.3 is 15.2 Å². The van der Waals surface area contributed by atoms with Gasteiger partial charge in [0.15, 0.2) is 0 Å². The van der Waals surface area contributed by atoms with Crippen molar-refractivity contribution < 1.29 is 24.4 Å². The standard InChI is InChI=1S/C28H31N3O6/c1-18-24(27(32)33)26(21-10-6-11-22(16-21)31(35)36)25(19(2)29-18)28(34)37-23-12-7-14-30(17-23)15-13-20-8-4-3-5-9-20/h3-6,8-11,16,23,26,29H,7,12-15,17H2,1-2H3,(H,32,33). The second-order valence-corrected chi connectivity index (χ2v) is 9.50. The number of carboxylic acids is 1. The van der Waals surface area contributed by atoms with E-state index in [0.29, 0.717) is 23.5 Å². The van der Waals surface area contributed by atoms with Crippen LogP contribution in [0.25, 0.3) is 0 Å². The highest BCUT2D eigenvalue weighted by Crippen LogP contribution is 2.40. The van der Waals surface area contributed by atoms with Gasteiger partial charge in [-0.05, 0) is 50.8 Å². The van der Waals surface area contributed by atoms with E-state index in [2.05, 4.69) is 22.3 Å². The number of hydrogen-bond acceptors (Lipinski definition) is 7. The molecule has 0 aliphatic carbocycles. The molecule has 4 rings (SSSR count). The van der Waals surface area contributed by atoms with Gasteiger partial charge in [-0.3, -0.25) is 15.0 Å². The molecule has 0 saturated carbocycles. The van der Waals surface area contributed by atoms with Gasteiger partial charge in [0, 0.05) is 36.6 Å². The summed E-state index contributed by atoms with van der Waals surface area (Å²) in [7, 11) is 0. The average Bonchev–Trinajstić information content (AvgIpc) is 2.87. The molecule has 1 fully saturated rings. The number of benzene rings is 2. The number of carboxylic acid groups (broad SMARTS) is 1. The van der Waals surface area contributed by atoms with Gasteiger partial charge in [0.2, 0.25) is 0 Å². The van der Waals surface area contributed by atoms with Crippen molar-refractivity contribution in [1.29, 1.82) is 0 Å². The Bertz CT molecular complexity index is 1250. The Morgan fingerprint density at radius 2 is 1.84 bits per heavy atom. The highest BCUT2D eigenvalue weighted by Gasteiger charge is 2.38. The Balaban J connectivity index is 1.55. The maximum Gasteiger partial charge on any atom is 0.337 e. The summed E-state index contributed by atoms with van der Waals surface area (Å²) < 4.78 is 5.95. The Hall–Kier alpha value is -3.98. The maximum absolute atomic E-state index is 13.6. The molecule has 2 aliphatic heterocycles. The number of allylic oxidation sites excluding steroid dienone is 2. The number of hydrogen-bond donors (Lipinski definition) is 2. The van der Waals surface area contributed by atoms with Crippen LogP contribution in [0.2, 0.25) is 0 Å². The highest BCUT2D eigenvalue weighted by atomic mass is 16.6. The van der Waals surface area contributed by atoms with Crippen LogP contribution in [0.3, 0.4) is 0 Å². The first-order chi connectivity index (χ1) is 17.7. The fourth-order valence-electron chi connectivity index (χ4n) is 5.16. The van der Waals surface area contributed by atoms with Crippen LogP contribution in [-0.4, -0.2) is 52.6 Å². The van der Waals surface area contributed by atoms with Crippen molar-refractivity contribution in [2.75, 3.05) is 19.6 Å². The SMILES string of the molecule is CC1=C(C(=O)O)C(c2cccc([N+](=O)[O-])c2)C(C(=O)OC2CCCN(CCc3ccccc3)C2)=C(C)N1. The van der Waals surface area contributed by atoms with Crippen LogP contribution in [0.4, 0.5) is 5.69 Å². The smallest absolute Gasteiger partial charge is 0.337 e. The number of dihydropyridines is 1. The van der Waals surface area contributed by atoms with E-state index >= 15 is 0 Å². The van der Waals surface area contributed by atoms with Crippen LogP contribution < -0.4 is 5.32 Å². The minimum atomic E-state index is -1.20. The minimum absolute atomic E-state index is 0.0359. The minimum Gasteiger partial charge on any atom is -0.478 e. The number of esters is 1. The fourth-order valence-corrected chi connectivity index (χ4v) is 5.16. The highest BCUT2D eigenvalue weighted by molar-refractivity contribution is 5.99. The summed E-state index contributed by atoms with van der Waals surface area (Å²) in [4.78, 5) is 38.9. The largest absolute Gasteiger partial charge is 0.478 e. The number of nitro groups is 1. The molecule has 9 heteroatoms. The molecule has 1 saturated heterocycles. The zero-order valence-corrected chi connectivity index (χ0v) is 21.0. The second kappa shape index (κ2) is 11.4. The molecule has 2 unspecified atom stereocenters. The Morgan fingerprint density at radius 3 is 2.54 bits per heavy atom. The number of rotatable bonds is 8. The van der Waals surface area contributed by atoms with Crippen molar-refractivity contribution in [1.82, 2.24) is 10.2 Å². The van der Waals surface area contributed by atoms with Crippen molar-refractivity contribution in [2.45, 2.75) is 45.1 Å². The van der Waals surface area contributed by atoms with Crippen molar-refractivity contribution in [2.24, 2.45) is 0 Å². The zero-order chi connectivity index (χ0) is 26.5. The Labute approximate surface area is 215 Å². The molecule has 2 atom stereocenters. The van der Waals surface area contributed by atoms with Gasteiger partial charge in [-0.1, -0.05) is 42.5 Å². The lowest BCUT2D eigenvalue weighted by Gasteiger charge is -2.34. The summed E-state index contributed by atoms with van der Waals surface area (Å²) in [5.74, 6) is -2.81. The quantitative estimate of drug-likeness (QED) is 0.312. The summed E-state index contributed by atoms with van der Waals surface area (Å²) >= 11 is 0. The van der Waals surface area contributed by atoms with Crippen molar-refractivity contribution in [3.05, 3.63) is 98.4 Å². The van der Waals surface area contributed by atoms with Gasteiger partial charge in [0.1, 0.15) is 6.10 Å². The van der Waals surface area contributed by atoms with Crippen LogP contribution in [0.15, 0.2) is 77.1 Å². The van der Waals surface area contributed by atoms with Crippen molar-refractivity contribution >= 4 is 17.6 Å². The van der Waals surface area contributed by atoms with Crippen LogP contribution in [0.1, 0.15) is 43.7 Å². The second-order valence-electron chi connectivity index (χ2n) is 9.50.